The molecule has 0 aliphatic heterocycles. The third-order valence-electron chi connectivity index (χ3n) is 2.37. The summed E-state index contributed by atoms with van der Waals surface area (Å²) in [6.07, 6.45) is 4.24. The minimum atomic E-state index is 0.132. The number of Topliss-reactive ketones (excluding diaryl/α,β-unsaturated/α-hetero) is 1. The lowest BCUT2D eigenvalue weighted by Crippen LogP contribution is -2.13. The molecule has 0 amide bonds. The Kier molecular flexibility index (Phi) is 3.06. The lowest BCUT2D eigenvalue weighted by atomic mass is 9.95. The number of ketones is 1. The summed E-state index contributed by atoms with van der Waals surface area (Å²) < 4.78 is 0. The molecule has 0 heterocycles. The molecule has 1 rings (SSSR count). The minimum absolute atomic E-state index is 0.132. The van der Waals surface area contributed by atoms with Crippen molar-refractivity contribution in [3.05, 3.63) is 0 Å². The fraction of sp³-hybridized carbons (Fsp3) is 0.889. The van der Waals surface area contributed by atoms with E-state index in [1.54, 1.807) is 6.92 Å². The first-order chi connectivity index (χ1) is 5.24. The molecular formula is C9H16O2. The van der Waals surface area contributed by atoms with Crippen molar-refractivity contribution in [3.63, 3.8) is 0 Å². The zero-order chi connectivity index (χ0) is 8.27. The molecule has 0 aromatic heterocycles. The van der Waals surface area contributed by atoms with E-state index in [4.69, 9.17) is 5.11 Å². The molecular weight excluding hydrogens is 140 g/mol. The molecule has 1 saturated carbocycles. The molecule has 0 saturated heterocycles. The van der Waals surface area contributed by atoms with Crippen LogP contribution in [0.5, 0.6) is 0 Å². The van der Waals surface area contributed by atoms with Crippen LogP contribution in [-0.4, -0.2) is 17.5 Å². The standard InChI is InChI=1S/C9H16O2/c1-7(11)9(4-5-10)6-8-2-3-8/h8-10H,2-6H2,1H3. The van der Waals surface area contributed by atoms with Crippen LogP contribution in [-0.2, 0) is 4.79 Å². The summed E-state index contributed by atoms with van der Waals surface area (Å²) in [6, 6.07) is 0. The van der Waals surface area contributed by atoms with Crippen molar-refractivity contribution in [1.82, 2.24) is 0 Å². The van der Waals surface area contributed by atoms with Crippen molar-refractivity contribution >= 4 is 5.78 Å². The molecule has 0 bridgehead atoms. The van der Waals surface area contributed by atoms with Crippen molar-refractivity contribution in [2.24, 2.45) is 11.8 Å². The average Bonchev–Trinajstić information content (AvgIpc) is 2.70. The van der Waals surface area contributed by atoms with Crippen LogP contribution in [0, 0.1) is 11.8 Å². The maximum atomic E-state index is 11.0. The van der Waals surface area contributed by atoms with Crippen molar-refractivity contribution < 1.29 is 9.90 Å². The molecule has 0 aromatic carbocycles. The van der Waals surface area contributed by atoms with Crippen molar-refractivity contribution in [3.8, 4) is 0 Å². The van der Waals surface area contributed by atoms with Gasteiger partial charge in [0.2, 0.25) is 0 Å². The normalized spacial score (nSPS) is 19.8. The molecule has 1 aliphatic rings. The van der Waals surface area contributed by atoms with Gasteiger partial charge in [0.15, 0.2) is 0 Å². The van der Waals surface area contributed by atoms with Gasteiger partial charge in [-0.25, -0.2) is 0 Å². The Balaban J connectivity index is 2.24. The van der Waals surface area contributed by atoms with Crippen LogP contribution in [0.3, 0.4) is 0 Å². The van der Waals surface area contributed by atoms with E-state index in [1.807, 2.05) is 0 Å². The molecule has 64 valence electrons. The molecule has 1 N–H and O–H groups in total. The fourth-order valence-corrected chi connectivity index (χ4v) is 1.40. The first kappa shape index (κ1) is 8.72. The van der Waals surface area contributed by atoms with Crippen LogP contribution < -0.4 is 0 Å². The number of carbonyl (C=O) groups excluding carboxylic acids is 1. The first-order valence-corrected chi connectivity index (χ1v) is 4.35. The van der Waals surface area contributed by atoms with E-state index >= 15 is 0 Å². The smallest absolute Gasteiger partial charge is 0.133 e. The van der Waals surface area contributed by atoms with Gasteiger partial charge in [0.25, 0.3) is 0 Å². The molecule has 1 fully saturated rings. The summed E-state index contributed by atoms with van der Waals surface area (Å²) >= 11 is 0. The predicted molar refractivity (Wildman–Crippen MR) is 43.2 cm³/mol. The summed E-state index contributed by atoms with van der Waals surface area (Å²) in [7, 11) is 0. The van der Waals surface area contributed by atoms with Gasteiger partial charge in [-0.1, -0.05) is 12.8 Å². The van der Waals surface area contributed by atoms with E-state index in [0.717, 1.165) is 12.3 Å². The maximum absolute atomic E-state index is 11.0. The first-order valence-electron chi connectivity index (χ1n) is 4.35. The number of aliphatic hydroxyl groups excluding tert-OH is 1. The summed E-state index contributed by atoms with van der Waals surface area (Å²) in [4.78, 5) is 11.0. The molecule has 1 aliphatic carbocycles. The summed E-state index contributed by atoms with van der Waals surface area (Å²) in [5, 5.41) is 8.67. The van der Waals surface area contributed by atoms with E-state index in [2.05, 4.69) is 0 Å². The van der Waals surface area contributed by atoms with Gasteiger partial charge in [-0.3, -0.25) is 4.79 Å². The highest BCUT2D eigenvalue weighted by molar-refractivity contribution is 5.78. The number of hydrogen-bond acceptors (Lipinski definition) is 2. The average molecular weight is 156 g/mol. The zero-order valence-corrected chi connectivity index (χ0v) is 7.05. The van der Waals surface area contributed by atoms with E-state index in [0.29, 0.717) is 6.42 Å². The summed E-state index contributed by atoms with van der Waals surface area (Å²) in [5.74, 6) is 1.16. The van der Waals surface area contributed by atoms with E-state index in [1.165, 1.54) is 12.8 Å². The Labute approximate surface area is 67.6 Å². The van der Waals surface area contributed by atoms with Gasteiger partial charge in [0, 0.05) is 12.5 Å². The zero-order valence-electron chi connectivity index (χ0n) is 7.05. The minimum Gasteiger partial charge on any atom is -0.396 e. The SMILES string of the molecule is CC(=O)C(CCO)CC1CC1. The van der Waals surface area contributed by atoms with Crippen LogP contribution in [0.25, 0.3) is 0 Å². The maximum Gasteiger partial charge on any atom is 0.133 e. The lowest BCUT2D eigenvalue weighted by Gasteiger charge is -2.10. The van der Waals surface area contributed by atoms with Crippen LogP contribution in [0.15, 0.2) is 0 Å². The van der Waals surface area contributed by atoms with Crippen molar-refractivity contribution in [2.45, 2.75) is 32.6 Å². The monoisotopic (exact) mass is 156 g/mol. The Morgan fingerprint density at radius 1 is 1.64 bits per heavy atom. The van der Waals surface area contributed by atoms with Gasteiger partial charge in [-0.05, 0) is 25.7 Å². The summed E-state index contributed by atoms with van der Waals surface area (Å²) in [6.45, 7) is 1.78. The predicted octanol–water partition coefficient (Wildman–Crippen LogP) is 1.37. The van der Waals surface area contributed by atoms with Crippen LogP contribution in [0.1, 0.15) is 32.6 Å². The molecule has 1 atom stereocenters. The third kappa shape index (κ3) is 3.02. The number of aliphatic hydroxyl groups is 1. The van der Waals surface area contributed by atoms with E-state index < -0.39 is 0 Å². The van der Waals surface area contributed by atoms with Gasteiger partial charge in [-0.15, -0.1) is 0 Å². The van der Waals surface area contributed by atoms with Crippen molar-refractivity contribution in [1.29, 1.82) is 0 Å². The Morgan fingerprint density at radius 2 is 2.27 bits per heavy atom. The Hall–Kier alpha value is -0.370. The second-order valence-corrected chi connectivity index (χ2v) is 3.50. The Bertz CT molecular complexity index is 138. The molecule has 2 nitrogen and oxygen atoms in total. The number of rotatable bonds is 5. The topological polar surface area (TPSA) is 37.3 Å². The molecule has 2 heteroatoms. The highest BCUT2D eigenvalue weighted by Gasteiger charge is 2.26. The summed E-state index contributed by atoms with van der Waals surface area (Å²) in [5.41, 5.74) is 0. The second kappa shape index (κ2) is 3.86. The van der Waals surface area contributed by atoms with Gasteiger partial charge in [0.1, 0.15) is 5.78 Å². The van der Waals surface area contributed by atoms with E-state index in [9.17, 15) is 4.79 Å². The highest BCUT2D eigenvalue weighted by atomic mass is 16.3. The molecule has 1 unspecified atom stereocenters. The van der Waals surface area contributed by atoms with Gasteiger partial charge in [-0.2, -0.15) is 0 Å². The lowest BCUT2D eigenvalue weighted by molar-refractivity contribution is -0.121. The molecule has 11 heavy (non-hydrogen) atoms. The quantitative estimate of drug-likeness (QED) is 0.652. The van der Waals surface area contributed by atoms with Crippen LogP contribution in [0.2, 0.25) is 0 Å². The number of carbonyl (C=O) groups is 1. The van der Waals surface area contributed by atoms with E-state index in [-0.39, 0.29) is 18.3 Å². The van der Waals surface area contributed by atoms with Gasteiger partial charge in [0.05, 0.1) is 0 Å². The Morgan fingerprint density at radius 3 is 2.64 bits per heavy atom. The molecule has 0 aromatic rings. The van der Waals surface area contributed by atoms with Gasteiger partial charge < -0.3 is 5.11 Å². The van der Waals surface area contributed by atoms with Crippen LogP contribution >= 0.6 is 0 Å². The van der Waals surface area contributed by atoms with Crippen LogP contribution in [0.4, 0.5) is 0 Å². The third-order valence-corrected chi connectivity index (χ3v) is 2.37. The number of hydrogen-bond donors (Lipinski definition) is 1. The largest absolute Gasteiger partial charge is 0.396 e. The van der Waals surface area contributed by atoms with Gasteiger partial charge >= 0.3 is 0 Å². The van der Waals surface area contributed by atoms with Crippen molar-refractivity contribution in [2.75, 3.05) is 6.61 Å². The molecule has 0 spiro atoms. The second-order valence-electron chi connectivity index (χ2n) is 3.50. The highest BCUT2D eigenvalue weighted by Crippen LogP contribution is 2.36. The fourth-order valence-electron chi connectivity index (χ4n) is 1.40. The molecule has 0 radical (unpaired) electrons.